The quantitative estimate of drug-likeness (QED) is 0.302. The molecule has 0 saturated heterocycles. The summed E-state index contributed by atoms with van der Waals surface area (Å²) in [5.74, 6) is -1.36. The zero-order valence-electron chi connectivity index (χ0n) is 16.9. The SMILES string of the molecule is O=S(=O)(NCCCNc1cc(-c2ccccc2Cl)nc2c(Br)cnn12)c1ccc(F)cc1F. The maximum absolute atomic E-state index is 13.8. The molecule has 0 aliphatic heterocycles. The number of fused-ring (bicyclic) bond motifs is 1. The molecule has 0 aliphatic rings. The zero-order valence-corrected chi connectivity index (χ0v) is 20.1. The molecule has 4 rings (SSSR count). The minimum Gasteiger partial charge on any atom is -0.370 e. The molecule has 0 spiro atoms. The molecule has 2 aromatic heterocycles. The third kappa shape index (κ3) is 5.16. The van der Waals surface area contributed by atoms with E-state index in [2.05, 4.69) is 36.1 Å². The van der Waals surface area contributed by atoms with Crippen molar-refractivity contribution in [2.45, 2.75) is 11.3 Å². The average molecular weight is 557 g/mol. The van der Waals surface area contributed by atoms with E-state index in [1.165, 1.54) is 0 Å². The van der Waals surface area contributed by atoms with E-state index in [4.69, 9.17) is 11.6 Å². The van der Waals surface area contributed by atoms with Gasteiger partial charge in [-0.3, -0.25) is 0 Å². The van der Waals surface area contributed by atoms with Gasteiger partial charge in [0.1, 0.15) is 22.3 Å². The summed E-state index contributed by atoms with van der Waals surface area (Å²) in [5.41, 5.74) is 1.98. The van der Waals surface area contributed by atoms with Gasteiger partial charge >= 0.3 is 0 Å². The van der Waals surface area contributed by atoms with Crippen molar-refractivity contribution in [1.29, 1.82) is 0 Å². The Morgan fingerprint density at radius 2 is 1.88 bits per heavy atom. The van der Waals surface area contributed by atoms with Crippen LogP contribution in [0.1, 0.15) is 6.42 Å². The molecule has 2 N–H and O–H groups in total. The van der Waals surface area contributed by atoms with Gasteiger partial charge in [-0.25, -0.2) is 26.9 Å². The van der Waals surface area contributed by atoms with E-state index in [1.54, 1.807) is 22.8 Å². The number of benzene rings is 2. The first-order chi connectivity index (χ1) is 15.8. The van der Waals surface area contributed by atoms with Gasteiger partial charge in [-0.15, -0.1) is 0 Å². The number of nitrogens with one attached hydrogen (secondary N) is 2. The van der Waals surface area contributed by atoms with E-state index >= 15 is 0 Å². The number of aromatic nitrogens is 3. The topological polar surface area (TPSA) is 88.4 Å². The van der Waals surface area contributed by atoms with Crippen LogP contribution in [-0.4, -0.2) is 36.1 Å². The maximum Gasteiger partial charge on any atom is 0.243 e. The number of hydrogen-bond donors (Lipinski definition) is 2. The molecule has 0 unspecified atom stereocenters. The highest BCUT2D eigenvalue weighted by molar-refractivity contribution is 9.10. The Bertz CT molecular complexity index is 1430. The Hall–Kier alpha value is -2.60. The number of halogens is 4. The first-order valence-electron chi connectivity index (χ1n) is 9.74. The van der Waals surface area contributed by atoms with Crippen molar-refractivity contribution < 1.29 is 17.2 Å². The smallest absolute Gasteiger partial charge is 0.243 e. The highest BCUT2D eigenvalue weighted by Gasteiger charge is 2.19. The van der Waals surface area contributed by atoms with Crippen molar-refractivity contribution in [2.24, 2.45) is 0 Å². The Morgan fingerprint density at radius 3 is 2.64 bits per heavy atom. The second kappa shape index (κ2) is 9.72. The maximum atomic E-state index is 13.8. The van der Waals surface area contributed by atoms with Gasteiger partial charge in [0.05, 0.1) is 16.4 Å². The van der Waals surface area contributed by atoms with Gasteiger partial charge in [-0.1, -0.05) is 29.8 Å². The lowest BCUT2D eigenvalue weighted by Crippen LogP contribution is -2.27. The molecular weight excluding hydrogens is 540 g/mol. The lowest BCUT2D eigenvalue weighted by molar-refractivity contribution is 0.542. The highest BCUT2D eigenvalue weighted by atomic mass is 79.9. The van der Waals surface area contributed by atoms with Gasteiger partial charge in [-0.05, 0) is 40.5 Å². The predicted molar refractivity (Wildman–Crippen MR) is 126 cm³/mol. The number of sulfonamides is 1. The Morgan fingerprint density at radius 1 is 1.09 bits per heavy atom. The Balaban J connectivity index is 1.46. The molecule has 4 aromatic rings. The molecule has 0 fully saturated rings. The molecule has 7 nitrogen and oxygen atoms in total. The molecule has 0 saturated carbocycles. The molecule has 12 heteroatoms. The van der Waals surface area contributed by atoms with Crippen LogP contribution in [0.25, 0.3) is 16.9 Å². The van der Waals surface area contributed by atoms with Crippen molar-refractivity contribution >= 4 is 49.0 Å². The summed E-state index contributed by atoms with van der Waals surface area (Å²) in [5, 5.41) is 8.07. The molecule has 0 aliphatic carbocycles. The van der Waals surface area contributed by atoms with Crippen LogP contribution in [0.5, 0.6) is 0 Å². The lowest BCUT2D eigenvalue weighted by Gasteiger charge is -2.12. The predicted octanol–water partition coefficient (Wildman–Crippen LogP) is 4.87. The van der Waals surface area contributed by atoms with Crippen molar-refractivity contribution in [3.8, 4) is 11.3 Å². The fourth-order valence-corrected chi connectivity index (χ4v) is 4.86. The normalized spacial score (nSPS) is 11.8. The van der Waals surface area contributed by atoms with Gasteiger partial charge in [0.15, 0.2) is 5.65 Å². The van der Waals surface area contributed by atoms with Gasteiger partial charge in [0.2, 0.25) is 10.0 Å². The molecular formula is C21H17BrClF2N5O2S. The lowest BCUT2D eigenvalue weighted by atomic mass is 10.1. The minimum atomic E-state index is -4.10. The van der Waals surface area contributed by atoms with E-state index in [0.717, 1.165) is 17.7 Å². The molecule has 172 valence electrons. The monoisotopic (exact) mass is 555 g/mol. The number of hydrogen-bond acceptors (Lipinski definition) is 5. The number of anilines is 1. The standard InChI is InChI=1S/C21H17BrClF2N5O2S/c22-15-12-27-30-20(11-18(29-21(15)30)14-4-1-2-5-16(14)23)26-8-3-9-28-33(31,32)19-7-6-13(24)10-17(19)25/h1-2,4-7,10-12,26,28H,3,8-9H2. The zero-order chi connectivity index (χ0) is 23.6. The van der Waals surface area contributed by atoms with Crippen molar-refractivity contribution in [3.63, 3.8) is 0 Å². The van der Waals surface area contributed by atoms with Crippen LogP contribution in [0.3, 0.4) is 0 Å². The van der Waals surface area contributed by atoms with Crippen LogP contribution in [-0.2, 0) is 10.0 Å². The van der Waals surface area contributed by atoms with E-state index in [9.17, 15) is 17.2 Å². The van der Waals surface area contributed by atoms with Crippen LogP contribution >= 0.6 is 27.5 Å². The Kier molecular flexibility index (Phi) is 6.94. The number of rotatable bonds is 8. The van der Waals surface area contributed by atoms with Gasteiger partial charge in [-0.2, -0.15) is 9.61 Å². The summed E-state index contributed by atoms with van der Waals surface area (Å²) in [7, 11) is -4.10. The van der Waals surface area contributed by atoms with Crippen molar-refractivity contribution in [2.75, 3.05) is 18.4 Å². The van der Waals surface area contributed by atoms with Crippen LogP contribution in [0.15, 0.2) is 64.1 Å². The van der Waals surface area contributed by atoms with Gasteiger partial charge in [0, 0.05) is 35.8 Å². The molecule has 2 heterocycles. The molecule has 0 radical (unpaired) electrons. The largest absolute Gasteiger partial charge is 0.370 e. The summed E-state index contributed by atoms with van der Waals surface area (Å²) in [6, 6.07) is 11.4. The van der Waals surface area contributed by atoms with Crippen LogP contribution in [0.4, 0.5) is 14.6 Å². The third-order valence-corrected chi connectivity index (χ3v) is 7.10. The fraction of sp³-hybridized carbons (Fsp3) is 0.143. The minimum absolute atomic E-state index is 0.0422. The van der Waals surface area contributed by atoms with Crippen LogP contribution < -0.4 is 10.0 Å². The molecule has 0 bridgehead atoms. The molecule has 2 aromatic carbocycles. The van der Waals surface area contributed by atoms with Crippen LogP contribution in [0.2, 0.25) is 5.02 Å². The molecule has 33 heavy (non-hydrogen) atoms. The fourth-order valence-electron chi connectivity index (χ4n) is 3.15. The molecule has 0 atom stereocenters. The Labute approximate surface area is 202 Å². The van der Waals surface area contributed by atoms with Crippen molar-refractivity contribution in [1.82, 2.24) is 19.3 Å². The first kappa shape index (κ1) is 23.6. The summed E-state index contributed by atoms with van der Waals surface area (Å²) in [6.45, 7) is 0.424. The second-order valence-corrected chi connectivity index (χ2v) is 9.98. The molecule has 0 amide bonds. The highest BCUT2D eigenvalue weighted by Crippen LogP contribution is 2.30. The van der Waals surface area contributed by atoms with E-state index in [0.29, 0.717) is 45.7 Å². The summed E-state index contributed by atoms with van der Waals surface area (Å²) in [6.07, 6.45) is 2.00. The van der Waals surface area contributed by atoms with E-state index < -0.39 is 26.6 Å². The van der Waals surface area contributed by atoms with Crippen LogP contribution in [0, 0.1) is 11.6 Å². The number of nitrogens with zero attached hydrogens (tertiary/aromatic N) is 3. The summed E-state index contributed by atoms with van der Waals surface area (Å²) < 4.78 is 56.0. The van der Waals surface area contributed by atoms with Gasteiger partial charge < -0.3 is 5.32 Å². The van der Waals surface area contributed by atoms with Gasteiger partial charge in [0.25, 0.3) is 0 Å². The van der Waals surface area contributed by atoms with Crippen molar-refractivity contribution in [3.05, 3.63) is 75.9 Å². The van der Waals surface area contributed by atoms with E-state index in [-0.39, 0.29) is 6.54 Å². The third-order valence-electron chi connectivity index (χ3n) is 4.71. The average Bonchev–Trinajstić information content (AvgIpc) is 3.14. The van der Waals surface area contributed by atoms with E-state index in [1.807, 2.05) is 18.2 Å². The summed E-state index contributed by atoms with van der Waals surface area (Å²) in [4.78, 5) is 4.03. The second-order valence-electron chi connectivity index (χ2n) is 6.99. The summed E-state index contributed by atoms with van der Waals surface area (Å²) >= 11 is 9.76. The first-order valence-corrected chi connectivity index (χ1v) is 12.4.